The van der Waals surface area contributed by atoms with Crippen molar-refractivity contribution in [2.24, 2.45) is 0 Å². The molecule has 0 aromatic carbocycles. The second kappa shape index (κ2) is 9.61. The van der Waals surface area contributed by atoms with Gasteiger partial charge in [-0.25, -0.2) is 9.97 Å². The summed E-state index contributed by atoms with van der Waals surface area (Å²) in [6.45, 7) is 2.74. The lowest BCUT2D eigenvalue weighted by molar-refractivity contribution is -0.204. The van der Waals surface area contributed by atoms with Crippen LogP contribution >= 0.6 is 22.7 Å². The minimum Gasteiger partial charge on any atom is -0.344 e. The molecule has 0 spiro atoms. The number of aromatic nitrogens is 2. The van der Waals surface area contributed by atoms with E-state index in [0.717, 1.165) is 0 Å². The molecule has 0 unspecified atom stereocenters. The average molecular weight is 525 g/mol. The van der Waals surface area contributed by atoms with Crippen LogP contribution < -0.4 is 10.6 Å². The largest absolute Gasteiger partial charge is 0.396 e. The molecule has 186 valence electrons. The number of amides is 4. The molecule has 0 aliphatic heterocycles. The van der Waals surface area contributed by atoms with Gasteiger partial charge in [0.1, 0.15) is 9.75 Å². The van der Waals surface area contributed by atoms with E-state index in [1.54, 1.807) is 0 Å². The summed E-state index contributed by atoms with van der Waals surface area (Å²) in [5.41, 5.74) is 0.183. The summed E-state index contributed by atoms with van der Waals surface area (Å²) in [4.78, 5) is 57.8. The maximum atomic E-state index is 14.3. The third-order valence-corrected chi connectivity index (χ3v) is 6.32. The van der Waals surface area contributed by atoms with E-state index in [4.69, 9.17) is 0 Å². The van der Waals surface area contributed by atoms with Crippen LogP contribution in [0.4, 0.5) is 27.8 Å². The van der Waals surface area contributed by atoms with Gasteiger partial charge in [0.25, 0.3) is 11.8 Å². The molecule has 2 aromatic heterocycles. The first-order chi connectivity index (χ1) is 15.5. The van der Waals surface area contributed by atoms with Gasteiger partial charge in [0.05, 0.1) is 11.4 Å². The number of hydrogen-bond acceptors (Lipinski definition) is 8. The molecule has 2 N–H and O–H groups in total. The van der Waals surface area contributed by atoms with Crippen LogP contribution in [0.15, 0.2) is 0 Å². The molecule has 0 atom stereocenters. The van der Waals surface area contributed by atoms with Gasteiger partial charge in [0, 0.05) is 28.2 Å². The minimum atomic E-state index is -5.49. The Labute approximate surface area is 199 Å². The number of carbonyl (C=O) groups excluding carboxylic acids is 4. The Morgan fingerprint density at radius 2 is 1.00 bits per heavy atom. The van der Waals surface area contributed by atoms with Crippen molar-refractivity contribution in [1.82, 2.24) is 19.8 Å². The van der Waals surface area contributed by atoms with Gasteiger partial charge in [-0.1, -0.05) is 22.7 Å². The first-order valence-electron chi connectivity index (χ1n) is 9.27. The van der Waals surface area contributed by atoms with E-state index in [0.29, 0.717) is 22.7 Å². The first kappa shape index (κ1) is 27.1. The topological polar surface area (TPSA) is 125 Å². The molecule has 34 heavy (non-hydrogen) atoms. The Kier molecular flexibility index (Phi) is 7.67. The van der Waals surface area contributed by atoms with Crippen LogP contribution in [-0.4, -0.2) is 83.4 Å². The van der Waals surface area contributed by atoms with Crippen molar-refractivity contribution in [3.63, 3.8) is 0 Å². The maximum Gasteiger partial charge on any atom is 0.396 e. The fourth-order valence-electron chi connectivity index (χ4n) is 2.34. The zero-order valence-corrected chi connectivity index (χ0v) is 20.4. The number of carbonyl (C=O) groups is 4. The summed E-state index contributed by atoms with van der Waals surface area (Å²) >= 11 is 1.03. The Balaban J connectivity index is 2.21. The molecule has 2 rings (SSSR count). The zero-order chi connectivity index (χ0) is 26.2. The summed E-state index contributed by atoms with van der Waals surface area (Å²) in [6, 6.07) is 0. The second-order valence-corrected chi connectivity index (χ2v) is 9.32. The predicted octanol–water partition coefficient (Wildman–Crippen LogP) is 2.47. The van der Waals surface area contributed by atoms with Crippen LogP contribution in [-0.2, 0) is 9.59 Å². The van der Waals surface area contributed by atoms with Gasteiger partial charge in [0.2, 0.25) is 0 Å². The molecule has 10 nitrogen and oxygen atoms in total. The third-order valence-electron chi connectivity index (χ3n) is 4.20. The molecule has 0 radical (unpaired) electrons. The van der Waals surface area contributed by atoms with Crippen LogP contribution in [0.3, 0.4) is 0 Å². The Bertz CT molecular complexity index is 1060. The number of rotatable bonds is 7. The third kappa shape index (κ3) is 5.16. The fourth-order valence-corrected chi connectivity index (χ4v) is 4.30. The van der Waals surface area contributed by atoms with E-state index in [2.05, 4.69) is 9.97 Å². The van der Waals surface area contributed by atoms with E-state index in [1.807, 2.05) is 0 Å². The van der Waals surface area contributed by atoms with Crippen LogP contribution in [0.5, 0.6) is 0 Å². The van der Waals surface area contributed by atoms with Crippen molar-refractivity contribution in [2.45, 2.75) is 25.7 Å². The minimum absolute atomic E-state index is 0.00957. The highest BCUT2D eigenvalue weighted by atomic mass is 32.1. The van der Waals surface area contributed by atoms with Crippen LogP contribution in [0.2, 0.25) is 0 Å². The van der Waals surface area contributed by atoms with E-state index >= 15 is 0 Å². The Morgan fingerprint density at radius 1 is 0.706 bits per heavy atom. The number of alkyl halides is 4. The lowest BCUT2D eigenvalue weighted by Crippen LogP contribution is -2.56. The highest BCUT2D eigenvalue weighted by Crippen LogP contribution is 2.37. The van der Waals surface area contributed by atoms with Gasteiger partial charge in [-0.15, -0.1) is 0 Å². The average Bonchev–Trinajstić information content (AvgIpc) is 3.27. The molecule has 0 saturated heterocycles. The normalized spacial score (nSPS) is 11.7. The molecule has 16 heteroatoms. The summed E-state index contributed by atoms with van der Waals surface area (Å²) in [5.74, 6) is -17.0. The standard InChI is InChI=1S/C18H20F4N6O4S2/c1-7-9(11(29)27(3)4)33-15(23-7)25-13(31)17(19,20)18(21,22)14(32)26-16-24-8(2)10(34-16)12(30)28(5)6/h1-6H3,(H,23,25,31)(H,24,26,32). The fraction of sp³-hybridized carbons (Fsp3) is 0.444. The summed E-state index contributed by atoms with van der Waals surface area (Å²) in [6.07, 6.45) is 0. The van der Waals surface area contributed by atoms with Crippen molar-refractivity contribution >= 4 is 56.6 Å². The molecule has 0 bridgehead atoms. The zero-order valence-electron chi connectivity index (χ0n) is 18.8. The molecular formula is C18H20F4N6O4S2. The van der Waals surface area contributed by atoms with E-state index < -0.39 is 45.7 Å². The number of nitrogens with zero attached hydrogens (tertiary/aromatic N) is 4. The van der Waals surface area contributed by atoms with Crippen molar-refractivity contribution in [2.75, 3.05) is 38.8 Å². The summed E-state index contributed by atoms with van der Waals surface area (Å²) in [7, 11) is 5.71. The molecular weight excluding hydrogens is 504 g/mol. The Morgan fingerprint density at radius 3 is 1.26 bits per heavy atom. The van der Waals surface area contributed by atoms with Crippen LogP contribution in [0.1, 0.15) is 30.7 Å². The number of hydrogen-bond donors (Lipinski definition) is 2. The van der Waals surface area contributed by atoms with E-state index in [1.165, 1.54) is 62.5 Å². The number of halogens is 4. The van der Waals surface area contributed by atoms with Gasteiger partial charge in [0.15, 0.2) is 10.3 Å². The van der Waals surface area contributed by atoms with Gasteiger partial charge < -0.3 is 9.80 Å². The summed E-state index contributed by atoms with van der Waals surface area (Å²) < 4.78 is 57.4. The Hall–Kier alpha value is -3.14. The molecule has 2 heterocycles. The lowest BCUT2D eigenvalue weighted by Gasteiger charge is -2.23. The molecule has 0 saturated carbocycles. The maximum absolute atomic E-state index is 14.3. The number of anilines is 2. The van der Waals surface area contributed by atoms with Crippen LogP contribution in [0.25, 0.3) is 0 Å². The quantitative estimate of drug-likeness (QED) is 0.537. The van der Waals surface area contributed by atoms with Crippen molar-refractivity contribution in [3.05, 3.63) is 21.1 Å². The predicted molar refractivity (Wildman–Crippen MR) is 117 cm³/mol. The SMILES string of the molecule is Cc1nc(NC(=O)C(F)(F)C(F)(F)C(=O)Nc2nc(C)c(C(=O)N(C)C)s2)sc1C(=O)N(C)C. The first-order valence-corrected chi connectivity index (χ1v) is 10.9. The molecule has 0 fully saturated rings. The van der Waals surface area contributed by atoms with Crippen molar-refractivity contribution in [1.29, 1.82) is 0 Å². The molecule has 4 amide bonds. The highest BCUT2D eigenvalue weighted by Gasteiger charge is 2.67. The van der Waals surface area contributed by atoms with E-state index in [-0.39, 0.29) is 21.1 Å². The number of thiazole rings is 2. The second-order valence-electron chi connectivity index (χ2n) is 7.32. The molecule has 0 aliphatic carbocycles. The lowest BCUT2D eigenvalue weighted by atomic mass is 10.1. The van der Waals surface area contributed by atoms with Gasteiger partial charge in [-0.05, 0) is 13.8 Å². The van der Waals surface area contributed by atoms with Gasteiger partial charge in [-0.2, -0.15) is 17.6 Å². The monoisotopic (exact) mass is 524 g/mol. The summed E-state index contributed by atoms with van der Waals surface area (Å²) in [5, 5.41) is 2.01. The van der Waals surface area contributed by atoms with Crippen molar-refractivity contribution in [3.8, 4) is 0 Å². The molecule has 0 aliphatic rings. The van der Waals surface area contributed by atoms with Crippen molar-refractivity contribution < 1.29 is 36.7 Å². The number of aryl methyl sites for hydroxylation is 2. The van der Waals surface area contributed by atoms with Crippen LogP contribution in [0, 0.1) is 13.8 Å². The molecule has 2 aromatic rings. The number of nitrogens with one attached hydrogen (secondary N) is 2. The van der Waals surface area contributed by atoms with Gasteiger partial charge in [-0.3, -0.25) is 29.8 Å². The smallest absolute Gasteiger partial charge is 0.344 e. The van der Waals surface area contributed by atoms with Gasteiger partial charge >= 0.3 is 23.7 Å². The van der Waals surface area contributed by atoms with E-state index in [9.17, 15) is 36.7 Å². The highest BCUT2D eigenvalue weighted by molar-refractivity contribution is 7.18.